The van der Waals surface area contributed by atoms with E-state index in [2.05, 4.69) is 37.8 Å². The number of aryl methyl sites for hydroxylation is 1. The van der Waals surface area contributed by atoms with Gasteiger partial charge in [-0.1, -0.05) is 26.8 Å². The number of non-ortho nitro benzene ring substituents is 1. The smallest absolute Gasteiger partial charge is 0.270 e. The third-order valence-corrected chi connectivity index (χ3v) is 3.54. The van der Waals surface area contributed by atoms with Crippen LogP contribution in [-0.2, 0) is 12.5 Å². The van der Waals surface area contributed by atoms with Gasteiger partial charge in [-0.15, -0.1) is 6.58 Å². The number of nitro benzene ring substituents is 1. The predicted molar refractivity (Wildman–Crippen MR) is 92.7 cm³/mol. The van der Waals surface area contributed by atoms with Gasteiger partial charge in [-0.25, -0.2) is 0 Å². The fourth-order valence-corrected chi connectivity index (χ4v) is 2.41. The molecule has 0 saturated heterocycles. The van der Waals surface area contributed by atoms with Crippen molar-refractivity contribution >= 4 is 11.4 Å². The lowest BCUT2D eigenvalue weighted by atomic mass is 9.85. The molecule has 0 radical (unpaired) electrons. The molecule has 0 spiro atoms. The lowest BCUT2D eigenvalue weighted by Crippen LogP contribution is -2.12. The summed E-state index contributed by atoms with van der Waals surface area (Å²) in [5.74, 6) is 0. The number of anilines is 1. The van der Waals surface area contributed by atoms with E-state index in [1.54, 1.807) is 22.9 Å². The first-order valence-corrected chi connectivity index (χ1v) is 7.41. The zero-order valence-corrected chi connectivity index (χ0v) is 14.0. The number of rotatable bonds is 5. The molecule has 0 fully saturated rings. The molecule has 23 heavy (non-hydrogen) atoms. The van der Waals surface area contributed by atoms with Gasteiger partial charge in [-0.3, -0.25) is 14.8 Å². The molecule has 1 heterocycles. The summed E-state index contributed by atoms with van der Waals surface area (Å²) in [5, 5.41) is 18.9. The third-order valence-electron chi connectivity index (χ3n) is 3.54. The minimum absolute atomic E-state index is 0.0506. The minimum Gasteiger partial charge on any atom is -0.381 e. The first-order chi connectivity index (χ1) is 10.7. The second kappa shape index (κ2) is 6.24. The average molecular weight is 314 g/mol. The van der Waals surface area contributed by atoms with E-state index in [9.17, 15) is 10.1 Å². The first kappa shape index (κ1) is 16.7. The van der Waals surface area contributed by atoms with Gasteiger partial charge in [0.2, 0.25) is 0 Å². The molecule has 1 aromatic heterocycles. The first-order valence-electron chi connectivity index (χ1n) is 7.41. The molecule has 2 aromatic rings. The largest absolute Gasteiger partial charge is 0.381 e. The van der Waals surface area contributed by atoms with Crippen molar-refractivity contribution < 1.29 is 4.92 Å². The van der Waals surface area contributed by atoms with Crippen molar-refractivity contribution in [1.82, 2.24) is 9.78 Å². The Morgan fingerprint density at radius 2 is 2.13 bits per heavy atom. The standard InChI is InChI=1S/C17H22N4O2/c1-6-9-18-15-8-7-12(21(22)23)10-13(15)16-14(17(2,3)4)11-20(5)19-16/h6-8,10-11,18H,1,9H2,2-5H3. The van der Waals surface area contributed by atoms with Gasteiger partial charge in [-0.05, 0) is 11.5 Å². The second-order valence-electron chi connectivity index (χ2n) is 6.47. The summed E-state index contributed by atoms with van der Waals surface area (Å²) in [4.78, 5) is 10.8. The van der Waals surface area contributed by atoms with Gasteiger partial charge in [0.25, 0.3) is 5.69 Å². The number of nitrogens with one attached hydrogen (secondary N) is 1. The monoisotopic (exact) mass is 314 g/mol. The van der Waals surface area contributed by atoms with Crippen LogP contribution in [0.15, 0.2) is 37.1 Å². The maximum atomic E-state index is 11.1. The van der Waals surface area contributed by atoms with Crippen LogP contribution in [0.1, 0.15) is 26.3 Å². The highest BCUT2D eigenvalue weighted by atomic mass is 16.6. The van der Waals surface area contributed by atoms with Gasteiger partial charge in [0.15, 0.2) is 0 Å². The number of nitrogens with zero attached hydrogens (tertiary/aromatic N) is 3. The molecule has 0 aliphatic heterocycles. The maximum Gasteiger partial charge on any atom is 0.270 e. The van der Waals surface area contributed by atoms with E-state index in [-0.39, 0.29) is 16.0 Å². The fourth-order valence-electron chi connectivity index (χ4n) is 2.41. The number of benzene rings is 1. The Kier molecular flexibility index (Phi) is 4.54. The predicted octanol–water partition coefficient (Wildman–Crippen LogP) is 3.89. The molecule has 0 atom stereocenters. The lowest BCUT2D eigenvalue weighted by molar-refractivity contribution is -0.384. The van der Waals surface area contributed by atoms with Gasteiger partial charge < -0.3 is 5.32 Å². The van der Waals surface area contributed by atoms with E-state index in [0.717, 1.165) is 22.5 Å². The highest BCUT2D eigenvalue weighted by Crippen LogP contribution is 2.37. The van der Waals surface area contributed by atoms with Crippen LogP contribution < -0.4 is 5.32 Å². The van der Waals surface area contributed by atoms with Crippen molar-refractivity contribution in [3.8, 4) is 11.3 Å². The van der Waals surface area contributed by atoms with Crippen LogP contribution in [0.3, 0.4) is 0 Å². The Labute approximate surface area is 136 Å². The molecule has 0 aliphatic rings. The fraction of sp³-hybridized carbons (Fsp3) is 0.353. The quantitative estimate of drug-likeness (QED) is 0.516. The summed E-state index contributed by atoms with van der Waals surface area (Å²) >= 11 is 0. The van der Waals surface area contributed by atoms with Gasteiger partial charge in [-0.2, -0.15) is 5.10 Å². The number of hydrogen-bond acceptors (Lipinski definition) is 4. The van der Waals surface area contributed by atoms with Crippen LogP contribution in [0, 0.1) is 10.1 Å². The van der Waals surface area contributed by atoms with E-state index in [1.807, 2.05) is 13.2 Å². The van der Waals surface area contributed by atoms with Gasteiger partial charge >= 0.3 is 0 Å². The molecule has 1 aromatic carbocycles. The summed E-state index contributed by atoms with van der Waals surface area (Å²) in [6.45, 7) is 10.6. The molecule has 122 valence electrons. The normalized spacial score (nSPS) is 11.3. The van der Waals surface area contributed by atoms with Crippen molar-refractivity contribution in [2.45, 2.75) is 26.2 Å². The van der Waals surface area contributed by atoms with Crippen LogP contribution in [0.4, 0.5) is 11.4 Å². The molecule has 0 amide bonds. The third kappa shape index (κ3) is 3.59. The van der Waals surface area contributed by atoms with Crippen molar-refractivity contribution in [2.24, 2.45) is 7.05 Å². The van der Waals surface area contributed by atoms with E-state index in [0.29, 0.717) is 6.54 Å². The van der Waals surface area contributed by atoms with Crippen molar-refractivity contribution in [1.29, 1.82) is 0 Å². The Morgan fingerprint density at radius 1 is 1.43 bits per heavy atom. The van der Waals surface area contributed by atoms with Crippen LogP contribution in [-0.4, -0.2) is 21.2 Å². The average Bonchev–Trinajstić information content (AvgIpc) is 2.87. The second-order valence-corrected chi connectivity index (χ2v) is 6.47. The van der Waals surface area contributed by atoms with Crippen LogP contribution in [0.25, 0.3) is 11.3 Å². The van der Waals surface area contributed by atoms with Crippen molar-refractivity contribution in [3.05, 3.63) is 52.7 Å². The van der Waals surface area contributed by atoms with E-state index < -0.39 is 0 Å². The Bertz CT molecular complexity index is 742. The van der Waals surface area contributed by atoms with Crippen molar-refractivity contribution in [2.75, 3.05) is 11.9 Å². The van der Waals surface area contributed by atoms with E-state index >= 15 is 0 Å². The Hall–Kier alpha value is -2.63. The highest BCUT2D eigenvalue weighted by Gasteiger charge is 2.24. The van der Waals surface area contributed by atoms with Crippen LogP contribution >= 0.6 is 0 Å². The summed E-state index contributed by atoms with van der Waals surface area (Å²) in [6.07, 6.45) is 3.71. The molecular weight excluding hydrogens is 292 g/mol. The molecule has 0 aliphatic carbocycles. The number of nitro groups is 1. The highest BCUT2D eigenvalue weighted by molar-refractivity contribution is 5.80. The molecule has 6 heteroatoms. The summed E-state index contributed by atoms with van der Waals surface area (Å²) in [5.41, 5.74) is 3.27. The zero-order valence-electron chi connectivity index (χ0n) is 14.0. The molecule has 0 unspecified atom stereocenters. The van der Waals surface area contributed by atoms with E-state index in [1.165, 1.54) is 6.07 Å². The van der Waals surface area contributed by atoms with Gasteiger partial charge in [0.05, 0.1) is 10.6 Å². The summed E-state index contributed by atoms with van der Waals surface area (Å²) in [6, 6.07) is 4.79. The zero-order chi connectivity index (χ0) is 17.2. The molecule has 2 rings (SSSR count). The number of hydrogen-bond donors (Lipinski definition) is 1. The summed E-state index contributed by atoms with van der Waals surface area (Å²) < 4.78 is 1.74. The Balaban J connectivity index is 2.67. The molecule has 0 bridgehead atoms. The summed E-state index contributed by atoms with van der Waals surface area (Å²) in [7, 11) is 1.85. The van der Waals surface area contributed by atoms with E-state index in [4.69, 9.17) is 0 Å². The Morgan fingerprint density at radius 3 is 2.70 bits per heavy atom. The maximum absolute atomic E-state index is 11.1. The molecule has 1 N–H and O–H groups in total. The van der Waals surface area contributed by atoms with Gasteiger partial charge in [0.1, 0.15) is 0 Å². The van der Waals surface area contributed by atoms with Crippen LogP contribution in [0.2, 0.25) is 0 Å². The van der Waals surface area contributed by atoms with Crippen LogP contribution in [0.5, 0.6) is 0 Å². The van der Waals surface area contributed by atoms with Gasteiger partial charge in [0, 0.05) is 48.7 Å². The molecule has 0 saturated carbocycles. The minimum atomic E-state index is -0.388. The SMILES string of the molecule is C=CCNc1ccc([N+](=O)[O-])cc1-c1nn(C)cc1C(C)(C)C. The molecular formula is C17H22N4O2. The van der Waals surface area contributed by atoms with Crippen molar-refractivity contribution in [3.63, 3.8) is 0 Å². The number of aromatic nitrogens is 2. The topological polar surface area (TPSA) is 73.0 Å². The molecule has 6 nitrogen and oxygen atoms in total. The lowest BCUT2D eigenvalue weighted by Gasteiger charge is -2.19.